The third-order valence-corrected chi connectivity index (χ3v) is 7.44. The Bertz CT molecular complexity index is 1630. The zero-order valence-corrected chi connectivity index (χ0v) is 22.2. The van der Waals surface area contributed by atoms with Crippen molar-refractivity contribution in [1.82, 2.24) is 14.5 Å². The van der Waals surface area contributed by atoms with Gasteiger partial charge in [-0.15, -0.1) is 0 Å². The van der Waals surface area contributed by atoms with Gasteiger partial charge in [-0.1, -0.05) is 23.7 Å². The molecule has 38 heavy (non-hydrogen) atoms. The first kappa shape index (κ1) is 25.8. The van der Waals surface area contributed by atoms with Crippen LogP contribution in [0.15, 0.2) is 65.6 Å². The summed E-state index contributed by atoms with van der Waals surface area (Å²) in [6, 6.07) is 14.3. The summed E-state index contributed by atoms with van der Waals surface area (Å²) in [5.74, 6) is -0.907. The van der Waals surface area contributed by atoms with Gasteiger partial charge in [-0.05, 0) is 91.3 Å². The Hall–Kier alpha value is -3.84. The number of carbonyl (C=O) groups is 1. The molecule has 194 valence electrons. The summed E-state index contributed by atoms with van der Waals surface area (Å²) in [5, 5.41) is 0.140. The van der Waals surface area contributed by atoms with E-state index in [0.717, 1.165) is 23.1 Å². The molecule has 1 saturated carbocycles. The fourth-order valence-corrected chi connectivity index (χ4v) is 5.22. The monoisotopic (exact) mass is 533 g/mol. The summed E-state index contributed by atoms with van der Waals surface area (Å²) >= 11 is 6.64. The number of pyridine rings is 2. The molecule has 2 heterocycles. The second kappa shape index (κ2) is 9.80. The minimum absolute atomic E-state index is 0.0839. The first-order chi connectivity index (χ1) is 18.1. The van der Waals surface area contributed by atoms with E-state index in [0.29, 0.717) is 17.1 Å². The minimum atomic E-state index is -0.585. The molecule has 0 radical (unpaired) electrons. The van der Waals surface area contributed by atoms with Gasteiger partial charge in [-0.3, -0.25) is 19.1 Å². The van der Waals surface area contributed by atoms with E-state index in [9.17, 15) is 14.0 Å². The molecular formula is C30H26ClF2N3O2. The Kier molecular flexibility index (Phi) is 6.65. The van der Waals surface area contributed by atoms with E-state index in [1.807, 2.05) is 19.9 Å². The average Bonchev–Trinajstić information content (AvgIpc) is 3.68. The van der Waals surface area contributed by atoms with Gasteiger partial charge in [0.15, 0.2) is 0 Å². The van der Waals surface area contributed by atoms with Crippen LogP contribution < -0.4 is 5.56 Å². The summed E-state index contributed by atoms with van der Waals surface area (Å²) in [5.41, 5.74) is 4.17. The molecule has 5 rings (SSSR count). The first-order valence-corrected chi connectivity index (χ1v) is 12.6. The predicted molar refractivity (Wildman–Crippen MR) is 144 cm³/mol. The van der Waals surface area contributed by atoms with Crippen molar-refractivity contribution in [3.05, 3.63) is 116 Å². The number of rotatable bonds is 5. The molecule has 0 N–H and O–H groups in total. The van der Waals surface area contributed by atoms with Crippen LogP contribution >= 0.6 is 11.6 Å². The topological polar surface area (TPSA) is 55.2 Å². The number of aryl methyl sites for hydroxylation is 2. The van der Waals surface area contributed by atoms with Crippen LogP contribution in [-0.4, -0.2) is 34.5 Å². The molecule has 1 aliphatic rings. The van der Waals surface area contributed by atoms with E-state index in [2.05, 4.69) is 4.98 Å². The van der Waals surface area contributed by atoms with Gasteiger partial charge in [0.25, 0.3) is 11.5 Å². The zero-order valence-electron chi connectivity index (χ0n) is 21.4. The van der Waals surface area contributed by atoms with E-state index in [1.165, 1.54) is 33.7 Å². The number of hydrogen-bond donors (Lipinski definition) is 0. The largest absolute Gasteiger partial charge is 0.345 e. The fraction of sp³-hybridized carbons (Fsp3) is 0.233. The highest BCUT2D eigenvalue weighted by atomic mass is 35.5. The number of nitrogens with zero attached hydrogens (tertiary/aromatic N) is 3. The summed E-state index contributed by atoms with van der Waals surface area (Å²) in [6.45, 7) is 3.65. The number of aromatic nitrogens is 2. The lowest BCUT2D eigenvalue weighted by Gasteiger charge is -2.17. The molecule has 2 aromatic heterocycles. The van der Waals surface area contributed by atoms with Crippen LogP contribution in [0.4, 0.5) is 8.78 Å². The lowest BCUT2D eigenvalue weighted by Crippen LogP contribution is -2.23. The first-order valence-electron chi connectivity index (χ1n) is 12.2. The van der Waals surface area contributed by atoms with Crippen molar-refractivity contribution in [2.45, 2.75) is 32.1 Å². The van der Waals surface area contributed by atoms with E-state index >= 15 is 4.39 Å². The summed E-state index contributed by atoms with van der Waals surface area (Å²) in [6.07, 6.45) is 2.42. The normalized spacial score (nSPS) is 16.4. The Morgan fingerprint density at radius 2 is 1.74 bits per heavy atom. The molecule has 1 amide bonds. The van der Waals surface area contributed by atoms with Gasteiger partial charge in [0.2, 0.25) is 0 Å². The van der Waals surface area contributed by atoms with Crippen molar-refractivity contribution in [2.75, 3.05) is 14.1 Å². The van der Waals surface area contributed by atoms with Crippen molar-refractivity contribution in [2.24, 2.45) is 0 Å². The molecule has 0 bridgehead atoms. The smallest absolute Gasteiger partial charge is 0.274 e. The fourth-order valence-electron chi connectivity index (χ4n) is 4.94. The standard InChI is InChI=1S/C30H26ClF2N3O2/c1-16-15-34-26(21-10-7-19(12-25(21)33)29(37)35(3)4)14-27(16)36-17(2)11-24(28(31)30(36)38)23-13-22(23)18-5-8-20(32)9-6-18/h5-12,14-15,22-23H,13H2,1-4H3/t22-,23+/m1/s1. The van der Waals surface area contributed by atoms with Crippen molar-refractivity contribution in [1.29, 1.82) is 0 Å². The Morgan fingerprint density at radius 1 is 1.03 bits per heavy atom. The van der Waals surface area contributed by atoms with Crippen LogP contribution in [0, 0.1) is 25.5 Å². The van der Waals surface area contributed by atoms with Crippen LogP contribution in [0.2, 0.25) is 5.02 Å². The maximum absolute atomic E-state index is 15.0. The lowest BCUT2D eigenvalue weighted by atomic mass is 10.0. The van der Waals surface area contributed by atoms with E-state index in [1.54, 1.807) is 44.6 Å². The molecule has 0 spiro atoms. The molecule has 1 fully saturated rings. The Labute approximate surface area is 224 Å². The van der Waals surface area contributed by atoms with Gasteiger partial charge < -0.3 is 4.90 Å². The van der Waals surface area contributed by atoms with E-state index < -0.39 is 5.82 Å². The number of hydrogen-bond acceptors (Lipinski definition) is 3. The third-order valence-electron chi connectivity index (χ3n) is 7.06. The zero-order chi connectivity index (χ0) is 27.3. The minimum Gasteiger partial charge on any atom is -0.345 e. The van der Waals surface area contributed by atoms with Gasteiger partial charge in [0.05, 0.1) is 11.4 Å². The summed E-state index contributed by atoms with van der Waals surface area (Å²) in [4.78, 5) is 31.5. The van der Waals surface area contributed by atoms with Crippen LogP contribution in [-0.2, 0) is 0 Å². The highest BCUT2D eigenvalue weighted by Crippen LogP contribution is 2.55. The van der Waals surface area contributed by atoms with Crippen LogP contribution in [0.25, 0.3) is 16.9 Å². The van der Waals surface area contributed by atoms with Gasteiger partial charge in [-0.25, -0.2) is 8.78 Å². The molecule has 1 aliphatic carbocycles. The number of benzene rings is 2. The van der Waals surface area contributed by atoms with Crippen molar-refractivity contribution in [3.63, 3.8) is 0 Å². The number of carbonyl (C=O) groups excluding carboxylic acids is 1. The van der Waals surface area contributed by atoms with Crippen molar-refractivity contribution < 1.29 is 13.6 Å². The van der Waals surface area contributed by atoms with Crippen LogP contribution in [0.3, 0.4) is 0 Å². The second-order valence-electron chi connectivity index (χ2n) is 9.95. The summed E-state index contributed by atoms with van der Waals surface area (Å²) < 4.78 is 29.9. The maximum Gasteiger partial charge on any atom is 0.274 e. The Balaban J connectivity index is 1.52. The van der Waals surface area contributed by atoms with Gasteiger partial charge in [0.1, 0.15) is 16.7 Å². The molecule has 0 saturated heterocycles. The molecule has 5 nitrogen and oxygen atoms in total. The third kappa shape index (κ3) is 4.63. The SMILES string of the molecule is Cc1cnc(-c2ccc(C(=O)N(C)C)cc2F)cc1-n1c(C)cc([C@H]2C[C@@H]2c2ccc(F)cc2)c(Cl)c1=O. The Morgan fingerprint density at radius 3 is 2.39 bits per heavy atom. The summed E-state index contributed by atoms with van der Waals surface area (Å²) in [7, 11) is 3.20. The molecule has 0 aliphatic heterocycles. The van der Waals surface area contributed by atoms with Gasteiger partial charge in [-0.2, -0.15) is 0 Å². The number of amides is 1. The quantitative estimate of drug-likeness (QED) is 0.297. The van der Waals surface area contributed by atoms with Gasteiger partial charge in [0, 0.05) is 37.1 Å². The molecular weight excluding hydrogens is 508 g/mol. The highest BCUT2D eigenvalue weighted by Gasteiger charge is 2.41. The molecule has 0 unspecified atom stereocenters. The second-order valence-corrected chi connectivity index (χ2v) is 10.3. The van der Waals surface area contributed by atoms with E-state index in [-0.39, 0.29) is 45.3 Å². The molecule has 2 atom stereocenters. The predicted octanol–water partition coefficient (Wildman–Crippen LogP) is 6.42. The van der Waals surface area contributed by atoms with Crippen LogP contribution in [0.1, 0.15) is 51.0 Å². The average molecular weight is 534 g/mol. The van der Waals surface area contributed by atoms with Gasteiger partial charge >= 0.3 is 0 Å². The van der Waals surface area contributed by atoms with Crippen LogP contribution in [0.5, 0.6) is 0 Å². The maximum atomic E-state index is 15.0. The van der Waals surface area contributed by atoms with E-state index in [4.69, 9.17) is 11.6 Å². The lowest BCUT2D eigenvalue weighted by molar-refractivity contribution is 0.0827. The number of halogens is 3. The molecule has 2 aromatic carbocycles. The van der Waals surface area contributed by atoms with Crippen molar-refractivity contribution in [3.8, 4) is 16.9 Å². The highest BCUT2D eigenvalue weighted by molar-refractivity contribution is 6.31. The molecule has 8 heteroatoms. The van der Waals surface area contributed by atoms with Crippen molar-refractivity contribution >= 4 is 17.5 Å². The molecule has 4 aromatic rings.